The molecule has 5 aliphatic heterocycles. The predicted molar refractivity (Wildman–Crippen MR) is 180 cm³/mol. The van der Waals surface area contributed by atoms with Gasteiger partial charge in [-0.1, -0.05) is 27.0 Å². The highest BCUT2D eigenvalue weighted by molar-refractivity contribution is 5.87. The molecule has 6 aliphatic rings. The molecular weight excluding hydrogens is 615 g/mol. The van der Waals surface area contributed by atoms with Crippen LogP contribution in [0, 0.1) is 23.7 Å². The van der Waals surface area contributed by atoms with E-state index < -0.39 is 42.7 Å². The third-order valence-electron chi connectivity index (χ3n) is 12.2. The molecule has 3 N–H and O–H groups in total. The van der Waals surface area contributed by atoms with Crippen molar-refractivity contribution in [2.75, 3.05) is 26.2 Å². The number of hydrogen-bond donors (Lipinski definition) is 3. The summed E-state index contributed by atoms with van der Waals surface area (Å²) in [4.78, 5) is 45.8. The summed E-state index contributed by atoms with van der Waals surface area (Å²) >= 11 is 0. The number of nitrogens with zero attached hydrogens (tertiary/aromatic N) is 3. The van der Waals surface area contributed by atoms with Crippen LogP contribution < -0.4 is 16.0 Å². The average molecular weight is 673 g/mol. The van der Waals surface area contributed by atoms with Crippen LogP contribution in [0.3, 0.4) is 0 Å². The fourth-order valence-corrected chi connectivity index (χ4v) is 10.0. The lowest BCUT2D eigenvalue weighted by atomic mass is 9.72. The van der Waals surface area contributed by atoms with Crippen molar-refractivity contribution in [1.29, 1.82) is 0 Å². The van der Waals surface area contributed by atoms with Crippen LogP contribution >= 0.6 is 0 Å². The monoisotopic (exact) mass is 672 g/mol. The Kier molecular flexibility index (Phi) is 10.8. The smallest absolute Gasteiger partial charge is 0.330 e. The molecule has 0 aromatic rings. The van der Waals surface area contributed by atoms with E-state index in [1.54, 1.807) is 0 Å². The molecule has 0 aromatic carbocycles. The molecule has 11 nitrogen and oxygen atoms in total. The van der Waals surface area contributed by atoms with Crippen LogP contribution in [-0.2, 0) is 19.1 Å². The van der Waals surface area contributed by atoms with Gasteiger partial charge in [-0.3, -0.25) is 15.0 Å². The molecule has 11 unspecified atom stereocenters. The summed E-state index contributed by atoms with van der Waals surface area (Å²) < 4.78 is 29.3. The molecule has 6 fully saturated rings. The Morgan fingerprint density at radius 1 is 1.02 bits per heavy atom. The van der Waals surface area contributed by atoms with E-state index in [1.165, 1.54) is 12.2 Å². The topological polar surface area (TPSA) is 115 Å². The van der Waals surface area contributed by atoms with Crippen LogP contribution in [0.25, 0.3) is 0 Å². The number of piperazine rings is 1. The number of ether oxygens (including phenoxy) is 2. The van der Waals surface area contributed by atoms with E-state index >= 15 is 4.39 Å². The summed E-state index contributed by atoms with van der Waals surface area (Å²) in [5.74, 6) is -0.514. The van der Waals surface area contributed by atoms with E-state index in [4.69, 9.17) is 9.47 Å². The summed E-state index contributed by atoms with van der Waals surface area (Å²) in [6.45, 7) is 18.2. The van der Waals surface area contributed by atoms with Crippen molar-refractivity contribution in [3.63, 3.8) is 0 Å². The maximum absolute atomic E-state index is 16.9. The number of rotatable bonds is 5. The first-order valence-corrected chi connectivity index (χ1v) is 18.4. The second-order valence-corrected chi connectivity index (χ2v) is 15.5. The normalized spacial score (nSPS) is 42.3. The zero-order valence-electron chi connectivity index (χ0n) is 29.2. The summed E-state index contributed by atoms with van der Waals surface area (Å²) in [7, 11) is 0. The quantitative estimate of drug-likeness (QED) is 0.302. The molecule has 13 atom stereocenters. The fraction of sp³-hybridized carbons (Fsp3) is 0.806. The number of piperidine rings is 2. The van der Waals surface area contributed by atoms with Gasteiger partial charge >= 0.3 is 12.0 Å². The van der Waals surface area contributed by atoms with Crippen molar-refractivity contribution in [2.24, 2.45) is 23.7 Å². The Morgan fingerprint density at radius 3 is 2.54 bits per heavy atom. The minimum absolute atomic E-state index is 0.0482. The number of esters is 1. The Bertz CT molecular complexity index is 1220. The number of alkyl halides is 1. The maximum Gasteiger partial charge on any atom is 0.330 e. The SMILES string of the molecule is C=CC(=O)OC1CCCC2C3NC4C(CC3F)C(N3C[C@@H](C)N(C(=O)C=C)C[C@@H]3C)NC(=O)N4C3C(CCCOC12)CCNC3C(C)C. The minimum atomic E-state index is -1.20. The minimum Gasteiger partial charge on any atom is -0.456 e. The van der Waals surface area contributed by atoms with Crippen molar-refractivity contribution in [1.82, 2.24) is 30.7 Å². The van der Waals surface area contributed by atoms with Gasteiger partial charge in [0.15, 0.2) is 0 Å². The Hall–Kier alpha value is -2.54. The van der Waals surface area contributed by atoms with Gasteiger partial charge in [0.1, 0.15) is 12.3 Å². The van der Waals surface area contributed by atoms with Gasteiger partial charge < -0.3 is 29.9 Å². The summed E-state index contributed by atoms with van der Waals surface area (Å²) in [5.41, 5.74) is 0. The van der Waals surface area contributed by atoms with Crippen LogP contribution in [0.4, 0.5) is 9.18 Å². The van der Waals surface area contributed by atoms with Gasteiger partial charge in [0.05, 0.1) is 24.5 Å². The highest BCUT2D eigenvalue weighted by Gasteiger charge is 2.57. The van der Waals surface area contributed by atoms with E-state index in [-0.39, 0.29) is 60.3 Å². The molecular formula is C36H57FN6O5. The van der Waals surface area contributed by atoms with Crippen LogP contribution in [0.5, 0.6) is 0 Å². The van der Waals surface area contributed by atoms with Crippen molar-refractivity contribution in [3.8, 4) is 0 Å². The van der Waals surface area contributed by atoms with Crippen molar-refractivity contribution < 1.29 is 28.2 Å². The van der Waals surface area contributed by atoms with Gasteiger partial charge in [-0.15, -0.1) is 0 Å². The molecule has 2 bridgehead atoms. The van der Waals surface area contributed by atoms with Gasteiger partial charge in [0.25, 0.3) is 0 Å². The number of nitrogens with one attached hydrogen (secondary N) is 3. The predicted octanol–water partition coefficient (Wildman–Crippen LogP) is 3.17. The lowest BCUT2D eigenvalue weighted by Gasteiger charge is -2.60. The summed E-state index contributed by atoms with van der Waals surface area (Å²) in [5, 5.41) is 10.9. The first kappa shape index (κ1) is 35.3. The fourth-order valence-electron chi connectivity index (χ4n) is 10.0. The van der Waals surface area contributed by atoms with E-state index in [0.717, 1.165) is 38.6 Å². The van der Waals surface area contributed by atoms with Crippen molar-refractivity contribution >= 4 is 17.9 Å². The summed E-state index contributed by atoms with van der Waals surface area (Å²) in [6.07, 6.45) is 4.73. The zero-order chi connectivity index (χ0) is 34.3. The first-order valence-electron chi connectivity index (χ1n) is 18.4. The number of amides is 3. The van der Waals surface area contributed by atoms with Crippen molar-refractivity contribution in [3.05, 3.63) is 25.3 Å². The molecule has 48 heavy (non-hydrogen) atoms. The molecule has 1 saturated carbocycles. The molecule has 3 amide bonds. The molecule has 0 aromatic heterocycles. The number of carbonyl (C=O) groups excluding carboxylic acids is 3. The number of urea groups is 1. The molecule has 5 saturated heterocycles. The maximum atomic E-state index is 16.9. The average Bonchev–Trinajstić information content (AvgIpc) is 3.06. The molecule has 5 heterocycles. The Labute approximate surface area is 285 Å². The molecule has 1 aliphatic carbocycles. The van der Waals surface area contributed by atoms with Crippen LogP contribution in [0.1, 0.15) is 72.6 Å². The lowest BCUT2D eigenvalue weighted by molar-refractivity contribution is -0.168. The van der Waals surface area contributed by atoms with Gasteiger partial charge in [0, 0.05) is 61.8 Å². The molecule has 6 rings (SSSR count). The Balaban J connectivity index is 1.38. The van der Waals surface area contributed by atoms with E-state index in [1.807, 2.05) is 11.8 Å². The van der Waals surface area contributed by atoms with E-state index in [0.29, 0.717) is 32.0 Å². The van der Waals surface area contributed by atoms with Crippen LogP contribution in [-0.4, -0.2) is 120 Å². The second-order valence-electron chi connectivity index (χ2n) is 15.5. The molecule has 12 heteroatoms. The number of halogens is 1. The van der Waals surface area contributed by atoms with E-state index in [9.17, 15) is 14.4 Å². The lowest BCUT2D eigenvalue weighted by Crippen LogP contribution is -2.80. The number of fused-ring (bicyclic) bond motifs is 5. The highest BCUT2D eigenvalue weighted by Crippen LogP contribution is 2.43. The van der Waals surface area contributed by atoms with Crippen LogP contribution in [0.2, 0.25) is 0 Å². The Morgan fingerprint density at radius 2 is 1.81 bits per heavy atom. The third kappa shape index (κ3) is 6.66. The first-order chi connectivity index (χ1) is 23.0. The molecule has 0 radical (unpaired) electrons. The third-order valence-corrected chi connectivity index (χ3v) is 12.2. The van der Waals surface area contributed by atoms with Gasteiger partial charge in [-0.2, -0.15) is 0 Å². The standard InChI is InChI=1S/C36H57FN6O5/c1-7-28(44)41-18-22(6)42(19-21(41)5)34-25-17-26(37)31-24-12-9-13-27(48-29(45)8-2)33(24)47-16-10-11-23-14-15-38-30(20(3)4)32(23)43(35(25)39-31)36(46)40-34/h7-8,20-27,30-35,38-39H,1-2,9-19H2,3-6H3,(H,40,46)/t21-,22+,23?,24?,25?,26?,27?,30?,31?,32?,33?,34?,35?/m1/s1. The molecule has 268 valence electrons. The van der Waals surface area contributed by atoms with Gasteiger partial charge in [-0.25, -0.2) is 14.0 Å². The number of carbonyl (C=O) groups is 3. The number of hydrogen-bond acceptors (Lipinski definition) is 8. The van der Waals surface area contributed by atoms with Crippen molar-refractivity contribution in [2.45, 2.75) is 134 Å². The summed E-state index contributed by atoms with van der Waals surface area (Å²) in [6, 6.07) is -0.802. The largest absolute Gasteiger partial charge is 0.456 e. The van der Waals surface area contributed by atoms with E-state index in [2.05, 4.69) is 59.7 Å². The van der Waals surface area contributed by atoms with Gasteiger partial charge in [-0.05, 0) is 83.2 Å². The zero-order valence-corrected chi connectivity index (χ0v) is 29.2. The molecule has 0 spiro atoms. The van der Waals surface area contributed by atoms with Crippen LogP contribution in [0.15, 0.2) is 25.3 Å². The highest BCUT2D eigenvalue weighted by atomic mass is 19.1. The van der Waals surface area contributed by atoms with Gasteiger partial charge in [0.2, 0.25) is 5.91 Å². The second kappa shape index (κ2) is 14.7.